The molecule has 0 aliphatic rings. The number of amides is 1. The summed E-state index contributed by atoms with van der Waals surface area (Å²) in [4.78, 5) is 21.0. The maximum absolute atomic E-state index is 12.5. The molecule has 0 fully saturated rings. The number of benzene rings is 1. The molecule has 0 radical (unpaired) electrons. The predicted octanol–water partition coefficient (Wildman–Crippen LogP) is 4.99. The molecular weight excluding hydrogens is 378 g/mol. The van der Waals surface area contributed by atoms with Crippen molar-refractivity contribution in [1.82, 2.24) is 15.3 Å². The summed E-state index contributed by atoms with van der Waals surface area (Å²) in [5, 5.41) is 9.44. The van der Waals surface area contributed by atoms with Crippen LogP contribution in [0, 0.1) is 0 Å². The second kappa shape index (κ2) is 8.11. The maximum Gasteiger partial charge on any atom is 0.278 e. The van der Waals surface area contributed by atoms with Crippen LogP contribution in [-0.4, -0.2) is 15.9 Å². The number of nitrogens with one attached hydrogen (secondary N) is 1. The number of nitrogens with zero attached hydrogens (tertiary/aromatic N) is 2. The Morgan fingerprint density at radius 1 is 1.04 bits per heavy atom. The first kappa shape index (κ1) is 17.4. The van der Waals surface area contributed by atoms with Gasteiger partial charge in [-0.05, 0) is 47.3 Å². The standard InChI is InChI=1S/C20H15N3O2S2/c24-19(14-3-5-17(6-4-14)25-20-22-9-11-27-20)23-12-15-2-1-8-21-18(15)16-7-10-26-13-16/h1-11,13H,12H2,(H,23,24). The Morgan fingerprint density at radius 3 is 2.67 bits per heavy atom. The number of thiazole rings is 1. The molecule has 0 saturated heterocycles. The smallest absolute Gasteiger partial charge is 0.278 e. The van der Waals surface area contributed by atoms with Crippen molar-refractivity contribution >= 4 is 28.6 Å². The van der Waals surface area contributed by atoms with Crippen molar-refractivity contribution in [3.8, 4) is 22.2 Å². The summed E-state index contributed by atoms with van der Waals surface area (Å²) < 4.78 is 5.61. The van der Waals surface area contributed by atoms with Crippen molar-refractivity contribution in [3.63, 3.8) is 0 Å². The predicted molar refractivity (Wildman–Crippen MR) is 107 cm³/mol. The minimum absolute atomic E-state index is 0.143. The second-order valence-electron chi connectivity index (χ2n) is 5.63. The molecule has 4 rings (SSSR count). The summed E-state index contributed by atoms with van der Waals surface area (Å²) >= 11 is 3.04. The molecule has 0 spiro atoms. The third-order valence-corrected chi connectivity index (χ3v) is 5.19. The van der Waals surface area contributed by atoms with Crippen molar-refractivity contribution in [2.45, 2.75) is 6.54 Å². The van der Waals surface area contributed by atoms with Gasteiger partial charge >= 0.3 is 0 Å². The first-order valence-electron chi connectivity index (χ1n) is 8.22. The van der Waals surface area contributed by atoms with E-state index in [9.17, 15) is 4.79 Å². The van der Waals surface area contributed by atoms with Gasteiger partial charge in [-0.2, -0.15) is 11.3 Å². The van der Waals surface area contributed by atoms with Crippen LogP contribution in [0.5, 0.6) is 10.9 Å². The summed E-state index contributed by atoms with van der Waals surface area (Å²) in [6.07, 6.45) is 3.45. The zero-order valence-electron chi connectivity index (χ0n) is 14.2. The lowest BCUT2D eigenvalue weighted by molar-refractivity contribution is 0.0951. The number of hydrogen-bond donors (Lipinski definition) is 1. The number of aromatic nitrogens is 2. The van der Waals surface area contributed by atoms with E-state index in [0.717, 1.165) is 16.8 Å². The lowest BCUT2D eigenvalue weighted by Crippen LogP contribution is -2.23. The molecule has 0 atom stereocenters. The van der Waals surface area contributed by atoms with Crippen molar-refractivity contribution < 1.29 is 9.53 Å². The van der Waals surface area contributed by atoms with E-state index in [1.807, 2.05) is 29.0 Å². The van der Waals surface area contributed by atoms with Gasteiger partial charge in [-0.1, -0.05) is 17.4 Å². The van der Waals surface area contributed by atoms with Crippen LogP contribution in [0.2, 0.25) is 0 Å². The van der Waals surface area contributed by atoms with E-state index in [1.165, 1.54) is 11.3 Å². The van der Waals surface area contributed by atoms with Gasteiger partial charge in [0.25, 0.3) is 11.1 Å². The molecule has 1 N–H and O–H groups in total. The number of pyridine rings is 1. The molecule has 0 aliphatic heterocycles. The van der Waals surface area contributed by atoms with Gasteiger partial charge in [0.15, 0.2) is 0 Å². The molecule has 0 unspecified atom stereocenters. The number of rotatable bonds is 6. The van der Waals surface area contributed by atoms with Gasteiger partial charge in [0.1, 0.15) is 5.75 Å². The molecule has 0 bridgehead atoms. The molecule has 4 aromatic rings. The average molecular weight is 393 g/mol. The van der Waals surface area contributed by atoms with Crippen LogP contribution in [0.4, 0.5) is 0 Å². The number of carbonyl (C=O) groups is 1. The lowest BCUT2D eigenvalue weighted by atomic mass is 10.1. The molecule has 0 saturated carbocycles. The molecule has 1 amide bonds. The van der Waals surface area contributed by atoms with Crippen LogP contribution >= 0.6 is 22.7 Å². The van der Waals surface area contributed by atoms with E-state index < -0.39 is 0 Å². The molecule has 3 heterocycles. The molecule has 134 valence electrons. The summed E-state index contributed by atoms with van der Waals surface area (Å²) in [5.74, 6) is 0.504. The summed E-state index contributed by atoms with van der Waals surface area (Å²) in [5.41, 5.74) is 3.51. The van der Waals surface area contributed by atoms with Gasteiger partial charge in [-0.3, -0.25) is 9.78 Å². The van der Waals surface area contributed by atoms with Gasteiger partial charge in [0.2, 0.25) is 0 Å². The lowest BCUT2D eigenvalue weighted by Gasteiger charge is -2.09. The SMILES string of the molecule is O=C(NCc1cccnc1-c1ccsc1)c1ccc(Oc2nccs2)cc1. The van der Waals surface area contributed by atoms with Crippen LogP contribution < -0.4 is 10.1 Å². The van der Waals surface area contributed by atoms with Crippen LogP contribution in [0.25, 0.3) is 11.3 Å². The Morgan fingerprint density at radius 2 is 1.93 bits per heavy atom. The summed E-state index contributed by atoms with van der Waals surface area (Å²) in [6, 6.07) is 12.9. The third kappa shape index (κ3) is 4.21. The highest BCUT2D eigenvalue weighted by atomic mass is 32.1. The van der Waals surface area contributed by atoms with E-state index in [1.54, 1.807) is 48.0 Å². The molecule has 0 aliphatic carbocycles. The van der Waals surface area contributed by atoms with Crippen LogP contribution in [0.3, 0.4) is 0 Å². The number of hydrogen-bond acceptors (Lipinski definition) is 6. The first-order valence-corrected chi connectivity index (χ1v) is 10.0. The largest absolute Gasteiger partial charge is 0.431 e. The highest BCUT2D eigenvalue weighted by Crippen LogP contribution is 2.24. The fraction of sp³-hybridized carbons (Fsp3) is 0.0500. The van der Waals surface area contributed by atoms with Gasteiger partial charge < -0.3 is 10.1 Å². The van der Waals surface area contributed by atoms with Gasteiger partial charge in [-0.15, -0.1) is 0 Å². The Bertz CT molecular complexity index is 1010. The molecule has 1 aromatic carbocycles. The number of carbonyl (C=O) groups excluding carboxylic acids is 1. The van der Waals surface area contributed by atoms with Crippen LogP contribution in [-0.2, 0) is 6.54 Å². The van der Waals surface area contributed by atoms with Gasteiger partial charge in [0.05, 0.1) is 5.69 Å². The highest BCUT2D eigenvalue weighted by molar-refractivity contribution is 7.11. The van der Waals surface area contributed by atoms with E-state index in [0.29, 0.717) is 23.1 Å². The molecule has 27 heavy (non-hydrogen) atoms. The number of ether oxygens (including phenoxy) is 1. The Balaban J connectivity index is 1.41. The van der Waals surface area contributed by atoms with Crippen LogP contribution in [0.1, 0.15) is 15.9 Å². The van der Waals surface area contributed by atoms with Crippen molar-refractivity contribution in [3.05, 3.63) is 82.1 Å². The maximum atomic E-state index is 12.5. The number of thiophene rings is 1. The van der Waals surface area contributed by atoms with Crippen molar-refractivity contribution in [2.24, 2.45) is 0 Å². The van der Waals surface area contributed by atoms with E-state index >= 15 is 0 Å². The molecular formula is C20H15N3O2S2. The first-order chi connectivity index (χ1) is 13.3. The molecule has 5 nitrogen and oxygen atoms in total. The summed E-state index contributed by atoms with van der Waals surface area (Å²) in [7, 11) is 0. The third-order valence-electron chi connectivity index (χ3n) is 3.86. The quantitative estimate of drug-likeness (QED) is 0.501. The van der Waals surface area contributed by atoms with E-state index in [2.05, 4.69) is 20.7 Å². The highest BCUT2D eigenvalue weighted by Gasteiger charge is 2.10. The average Bonchev–Trinajstić information content (AvgIpc) is 3.41. The van der Waals surface area contributed by atoms with Crippen molar-refractivity contribution in [1.29, 1.82) is 0 Å². The van der Waals surface area contributed by atoms with Gasteiger partial charge in [0, 0.05) is 40.8 Å². The normalized spacial score (nSPS) is 10.5. The fourth-order valence-corrected chi connectivity index (χ4v) is 3.70. The Kier molecular flexibility index (Phi) is 5.22. The van der Waals surface area contributed by atoms with E-state index in [4.69, 9.17) is 4.74 Å². The summed E-state index contributed by atoms with van der Waals surface area (Å²) in [6.45, 7) is 0.412. The Hall–Kier alpha value is -3.03. The van der Waals surface area contributed by atoms with Gasteiger partial charge in [-0.25, -0.2) is 4.98 Å². The molecule has 3 aromatic heterocycles. The second-order valence-corrected chi connectivity index (χ2v) is 7.27. The zero-order chi connectivity index (χ0) is 18.5. The fourth-order valence-electron chi connectivity index (χ4n) is 2.55. The topological polar surface area (TPSA) is 64.1 Å². The Labute approximate surface area is 164 Å². The minimum atomic E-state index is -0.143. The van der Waals surface area contributed by atoms with Crippen molar-refractivity contribution in [2.75, 3.05) is 0 Å². The monoisotopic (exact) mass is 393 g/mol. The van der Waals surface area contributed by atoms with E-state index in [-0.39, 0.29) is 5.91 Å². The zero-order valence-corrected chi connectivity index (χ0v) is 15.8. The van der Waals surface area contributed by atoms with Crippen LogP contribution in [0.15, 0.2) is 71.0 Å². The molecule has 7 heteroatoms. The minimum Gasteiger partial charge on any atom is -0.431 e.